The van der Waals surface area contributed by atoms with Gasteiger partial charge in [-0.3, -0.25) is 4.99 Å². The molecule has 128 valence electrons. The lowest BCUT2D eigenvalue weighted by Gasteiger charge is -2.12. The summed E-state index contributed by atoms with van der Waals surface area (Å²) in [5.74, 6) is 1.37. The number of methoxy groups -OCH3 is 1. The van der Waals surface area contributed by atoms with Crippen LogP contribution in [0.4, 0.5) is 4.39 Å². The number of guanidine groups is 1. The number of ether oxygens (including phenoxy) is 1. The average Bonchev–Trinajstić information content (AvgIpc) is 2.61. The quantitative estimate of drug-likeness (QED) is 0.632. The maximum Gasteiger partial charge on any atom is 0.191 e. The molecule has 0 fully saturated rings. The van der Waals surface area contributed by atoms with Crippen molar-refractivity contribution in [3.05, 3.63) is 65.0 Å². The Kier molecular flexibility index (Phi) is 6.61. The Balaban J connectivity index is 1.78. The largest absolute Gasteiger partial charge is 0.497 e. The number of halogens is 1. The highest BCUT2D eigenvalue weighted by molar-refractivity contribution is 5.79. The van der Waals surface area contributed by atoms with E-state index < -0.39 is 0 Å². The highest BCUT2D eigenvalue weighted by atomic mass is 19.1. The Morgan fingerprint density at radius 3 is 2.42 bits per heavy atom. The van der Waals surface area contributed by atoms with Crippen molar-refractivity contribution < 1.29 is 9.13 Å². The molecule has 0 aliphatic rings. The minimum Gasteiger partial charge on any atom is -0.497 e. The first-order chi connectivity index (χ1) is 11.6. The van der Waals surface area contributed by atoms with Crippen LogP contribution in [0, 0.1) is 12.7 Å². The summed E-state index contributed by atoms with van der Waals surface area (Å²) < 4.78 is 18.7. The lowest BCUT2D eigenvalue weighted by molar-refractivity contribution is 0.414. The topological polar surface area (TPSA) is 45.7 Å². The molecular formula is C19H24FN3O. The van der Waals surface area contributed by atoms with Gasteiger partial charge < -0.3 is 15.4 Å². The fraction of sp³-hybridized carbons (Fsp3) is 0.316. The van der Waals surface area contributed by atoms with Crippen LogP contribution in [0.5, 0.6) is 5.75 Å². The molecule has 0 aromatic heterocycles. The van der Waals surface area contributed by atoms with Crippen molar-refractivity contribution in [3.63, 3.8) is 0 Å². The first kappa shape index (κ1) is 17.8. The van der Waals surface area contributed by atoms with E-state index in [-0.39, 0.29) is 5.82 Å². The zero-order chi connectivity index (χ0) is 17.4. The molecule has 2 aromatic carbocycles. The molecule has 0 heterocycles. The predicted molar refractivity (Wildman–Crippen MR) is 96.0 cm³/mol. The van der Waals surface area contributed by atoms with E-state index >= 15 is 0 Å². The third-order valence-electron chi connectivity index (χ3n) is 3.78. The predicted octanol–water partition coefficient (Wildman–Crippen LogP) is 3.05. The molecule has 0 saturated carbocycles. The van der Waals surface area contributed by atoms with Gasteiger partial charge in [0.2, 0.25) is 0 Å². The first-order valence-electron chi connectivity index (χ1n) is 7.95. The van der Waals surface area contributed by atoms with Crippen LogP contribution < -0.4 is 15.4 Å². The van der Waals surface area contributed by atoms with Crippen LogP contribution in [0.2, 0.25) is 0 Å². The second-order valence-electron chi connectivity index (χ2n) is 5.53. The van der Waals surface area contributed by atoms with Gasteiger partial charge in [-0.15, -0.1) is 0 Å². The summed E-state index contributed by atoms with van der Waals surface area (Å²) in [4.78, 5) is 4.18. The van der Waals surface area contributed by atoms with Crippen molar-refractivity contribution in [2.75, 3.05) is 20.7 Å². The highest BCUT2D eigenvalue weighted by Crippen LogP contribution is 2.11. The number of hydrogen-bond acceptors (Lipinski definition) is 2. The Bertz CT molecular complexity index is 684. The molecule has 24 heavy (non-hydrogen) atoms. The third-order valence-corrected chi connectivity index (χ3v) is 3.78. The molecule has 2 N–H and O–H groups in total. The van der Waals surface area contributed by atoms with Gasteiger partial charge in [0.05, 0.1) is 7.11 Å². The van der Waals surface area contributed by atoms with Crippen molar-refractivity contribution in [2.24, 2.45) is 4.99 Å². The van der Waals surface area contributed by atoms with Gasteiger partial charge >= 0.3 is 0 Å². The first-order valence-corrected chi connectivity index (χ1v) is 7.95. The molecule has 0 aliphatic heterocycles. The zero-order valence-electron chi connectivity index (χ0n) is 14.4. The van der Waals surface area contributed by atoms with Crippen molar-refractivity contribution >= 4 is 5.96 Å². The molecule has 5 heteroatoms. The fourth-order valence-corrected chi connectivity index (χ4v) is 2.27. The van der Waals surface area contributed by atoms with Crippen molar-refractivity contribution in [3.8, 4) is 5.75 Å². The molecule has 2 aromatic rings. The van der Waals surface area contributed by atoms with E-state index in [0.29, 0.717) is 18.1 Å². The fourth-order valence-electron chi connectivity index (χ4n) is 2.27. The average molecular weight is 329 g/mol. The van der Waals surface area contributed by atoms with Crippen LogP contribution in [0.15, 0.2) is 47.5 Å². The summed E-state index contributed by atoms with van der Waals surface area (Å²) in [6.45, 7) is 3.04. The maximum atomic E-state index is 13.5. The number of nitrogens with zero attached hydrogens (tertiary/aromatic N) is 1. The molecule has 0 unspecified atom stereocenters. The monoisotopic (exact) mass is 329 g/mol. The van der Waals surface area contributed by atoms with E-state index in [1.165, 1.54) is 5.56 Å². The number of aliphatic imine (C=N–C) groups is 1. The molecule has 4 nitrogen and oxygen atoms in total. The second kappa shape index (κ2) is 8.91. The summed E-state index contributed by atoms with van der Waals surface area (Å²) in [6, 6.07) is 13.2. The van der Waals surface area contributed by atoms with Crippen LogP contribution >= 0.6 is 0 Å². The highest BCUT2D eigenvalue weighted by Gasteiger charge is 2.02. The molecule has 0 bridgehead atoms. The van der Waals surface area contributed by atoms with Gasteiger partial charge in [0.15, 0.2) is 5.96 Å². The Hall–Kier alpha value is -2.56. The Morgan fingerprint density at radius 1 is 1.08 bits per heavy atom. The Morgan fingerprint density at radius 2 is 1.79 bits per heavy atom. The summed E-state index contributed by atoms with van der Waals surface area (Å²) in [5.41, 5.74) is 2.76. The maximum absolute atomic E-state index is 13.5. The van der Waals surface area contributed by atoms with Gasteiger partial charge in [-0.1, -0.05) is 24.3 Å². The van der Waals surface area contributed by atoms with Gasteiger partial charge in [-0.05, 0) is 48.2 Å². The molecule has 0 amide bonds. The zero-order valence-corrected chi connectivity index (χ0v) is 14.4. The van der Waals surface area contributed by atoms with Gasteiger partial charge in [0.1, 0.15) is 11.6 Å². The Labute approximate surface area is 142 Å². The van der Waals surface area contributed by atoms with Crippen molar-refractivity contribution in [1.29, 1.82) is 0 Å². The molecular weight excluding hydrogens is 305 g/mol. The van der Waals surface area contributed by atoms with Gasteiger partial charge in [-0.25, -0.2) is 4.39 Å². The number of benzene rings is 2. The number of hydrogen-bond donors (Lipinski definition) is 2. The second-order valence-corrected chi connectivity index (χ2v) is 5.53. The van der Waals surface area contributed by atoms with E-state index in [0.717, 1.165) is 24.3 Å². The summed E-state index contributed by atoms with van der Waals surface area (Å²) in [5, 5.41) is 6.45. The molecule has 0 atom stereocenters. The third kappa shape index (κ3) is 5.26. The van der Waals surface area contributed by atoms with Gasteiger partial charge in [-0.2, -0.15) is 0 Å². The minimum absolute atomic E-state index is 0.184. The van der Waals surface area contributed by atoms with Crippen LogP contribution in [0.25, 0.3) is 0 Å². The number of rotatable bonds is 6. The number of nitrogens with one attached hydrogen (secondary N) is 2. The SMILES string of the molecule is CN=C(NCCc1ccc(OC)cc1)NCc1ccc(C)c(F)c1. The van der Waals surface area contributed by atoms with E-state index in [1.807, 2.05) is 30.3 Å². The number of aryl methyl sites for hydroxylation is 1. The van der Waals surface area contributed by atoms with E-state index in [2.05, 4.69) is 15.6 Å². The molecule has 0 aliphatic carbocycles. The standard InChI is InChI=1S/C19H24FN3O/c1-14-4-5-16(12-18(14)20)13-23-19(21-2)22-11-10-15-6-8-17(24-3)9-7-15/h4-9,12H,10-11,13H2,1-3H3,(H2,21,22,23). The van der Waals surface area contributed by atoms with Crippen molar-refractivity contribution in [1.82, 2.24) is 10.6 Å². The van der Waals surface area contributed by atoms with Crippen LogP contribution in [0.3, 0.4) is 0 Å². The van der Waals surface area contributed by atoms with E-state index in [4.69, 9.17) is 4.74 Å². The summed E-state index contributed by atoms with van der Waals surface area (Å²) in [6.07, 6.45) is 0.879. The smallest absolute Gasteiger partial charge is 0.191 e. The summed E-state index contributed by atoms with van der Waals surface area (Å²) in [7, 11) is 3.38. The van der Waals surface area contributed by atoms with Crippen molar-refractivity contribution in [2.45, 2.75) is 19.9 Å². The van der Waals surface area contributed by atoms with Crippen LogP contribution in [-0.2, 0) is 13.0 Å². The molecule has 0 spiro atoms. The normalized spacial score (nSPS) is 11.2. The van der Waals surface area contributed by atoms with Crippen LogP contribution in [0.1, 0.15) is 16.7 Å². The lowest BCUT2D eigenvalue weighted by atomic mass is 10.1. The lowest BCUT2D eigenvalue weighted by Crippen LogP contribution is -2.37. The van der Waals surface area contributed by atoms with Gasteiger partial charge in [0, 0.05) is 20.1 Å². The molecule has 0 radical (unpaired) electrons. The van der Waals surface area contributed by atoms with Crippen LogP contribution in [-0.4, -0.2) is 26.7 Å². The minimum atomic E-state index is -0.184. The van der Waals surface area contributed by atoms with E-state index in [1.54, 1.807) is 33.2 Å². The van der Waals surface area contributed by atoms with E-state index in [9.17, 15) is 4.39 Å². The van der Waals surface area contributed by atoms with Gasteiger partial charge in [0.25, 0.3) is 0 Å². The summed E-state index contributed by atoms with van der Waals surface area (Å²) >= 11 is 0. The molecule has 0 saturated heterocycles. The molecule has 2 rings (SSSR count).